The van der Waals surface area contributed by atoms with Crippen molar-refractivity contribution >= 4 is 27.6 Å². The summed E-state index contributed by atoms with van der Waals surface area (Å²) in [5, 5.41) is 50.8. The van der Waals surface area contributed by atoms with Crippen LogP contribution in [0.4, 0.5) is 0 Å². The average Bonchev–Trinajstić information content (AvgIpc) is 3.27. The van der Waals surface area contributed by atoms with Gasteiger partial charge in [0.1, 0.15) is 43.2 Å². The van der Waals surface area contributed by atoms with E-state index in [0.717, 1.165) is 70.6 Å². The fourth-order valence-electron chi connectivity index (χ4n) is 6.82. The first-order chi connectivity index (χ1) is 31.5. The van der Waals surface area contributed by atoms with Crippen molar-refractivity contribution in [3.63, 3.8) is 0 Å². The predicted molar refractivity (Wildman–Crippen MR) is 252 cm³/mol. The van der Waals surface area contributed by atoms with Gasteiger partial charge in [-0.15, -0.1) is 0 Å². The summed E-state index contributed by atoms with van der Waals surface area (Å²) >= 11 is 0. The summed E-state index contributed by atoms with van der Waals surface area (Å²) < 4.78 is 49.3. The van der Waals surface area contributed by atoms with Gasteiger partial charge in [0.05, 0.1) is 12.7 Å². The van der Waals surface area contributed by atoms with Gasteiger partial charge >= 0.3 is 27.6 Å². The molecule has 382 valence electrons. The number of phosphoric acid groups is 2. The van der Waals surface area contributed by atoms with Crippen LogP contribution in [0.1, 0.15) is 162 Å². The second-order valence-electron chi connectivity index (χ2n) is 16.6. The highest BCUT2D eigenvalue weighted by Gasteiger charge is 2.54. The SMILES string of the molecule is CCCCCCCC/C=C\CCCCCCCC(=O)OC[C@H](COP(=O)(O)O[C@H]1C(O)C(O)C(O)[C@@H](OP(=O)(O)O)C1O)OC(=O)CCC/C=C\C/C=C\C/C=C\C/C=C\CC[C@H](O)CC. The van der Waals surface area contributed by atoms with Gasteiger partial charge in [0, 0.05) is 12.8 Å². The number of esters is 2. The number of aliphatic hydroxyl groups is 5. The smallest absolute Gasteiger partial charge is 0.462 e. The van der Waals surface area contributed by atoms with Gasteiger partial charge < -0.3 is 49.7 Å². The van der Waals surface area contributed by atoms with Gasteiger partial charge in [0.2, 0.25) is 0 Å². The van der Waals surface area contributed by atoms with Crippen molar-refractivity contribution in [2.24, 2.45) is 0 Å². The number of hydrogen-bond donors (Lipinski definition) is 8. The maximum Gasteiger partial charge on any atom is 0.472 e. The van der Waals surface area contributed by atoms with E-state index in [1.54, 1.807) is 0 Å². The lowest BCUT2D eigenvalue weighted by Gasteiger charge is -2.43. The van der Waals surface area contributed by atoms with Crippen molar-refractivity contribution < 1.29 is 82.0 Å². The zero-order valence-corrected chi connectivity index (χ0v) is 41.0. The maximum atomic E-state index is 13.0. The minimum absolute atomic E-state index is 0.0487. The van der Waals surface area contributed by atoms with E-state index in [4.69, 9.17) is 18.5 Å². The van der Waals surface area contributed by atoms with E-state index >= 15 is 0 Å². The van der Waals surface area contributed by atoms with Gasteiger partial charge in [-0.05, 0) is 83.5 Å². The van der Waals surface area contributed by atoms with E-state index in [0.29, 0.717) is 25.7 Å². The van der Waals surface area contributed by atoms with Gasteiger partial charge in [0.25, 0.3) is 0 Å². The monoisotopic (exact) mass is 981 g/mol. The molecule has 5 unspecified atom stereocenters. The molecule has 0 spiro atoms. The molecule has 1 aliphatic carbocycles. The Morgan fingerprint density at radius 1 is 0.545 bits per heavy atom. The van der Waals surface area contributed by atoms with E-state index in [1.807, 2.05) is 31.2 Å². The molecule has 1 rings (SSSR count). The zero-order chi connectivity index (χ0) is 49.1. The topological polar surface area (TPSA) is 276 Å². The van der Waals surface area contributed by atoms with Gasteiger partial charge in [0.15, 0.2) is 6.10 Å². The third kappa shape index (κ3) is 31.7. The van der Waals surface area contributed by atoms with E-state index in [9.17, 15) is 58.9 Å². The minimum atomic E-state index is -5.38. The summed E-state index contributed by atoms with van der Waals surface area (Å²) in [7, 11) is -10.7. The van der Waals surface area contributed by atoms with Crippen LogP contribution in [0.3, 0.4) is 0 Å². The van der Waals surface area contributed by atoms with Crippen LogP contribution in [0, 0.1) is 0 Å². The van der Waals surface area contributed by atoms with E-state index < -0.39 is 83.5 Å². The van der Waals surface area contributed by atoms with Gasteiger partial charge in [-0.3, -0.25) is 23.2 Å². The van der Waals surface area contributed by atoms with Gasteiger partial charge in [-0.25, -0.2) is 9.13 Å². The Hall–Kier alpha value is -2.34. The molecule has 0 aromatic carbocycles. The highest BCUT2D eigenvalue weighted by Crippen LogP contribution is 2.49. The van der Waals surface area contributed by atoms with Crippen molar-refractivity contribution in [3.8, 4) is 0 Å². The molecule has 0 heterocycles. The van der Waals surface area contributed by atoms with Crippen molar-refractivity contribution in [2.45, 2.75) is 210 Å². The number of unbranched alkanes of at least 4 members (excludes halogenated alkanes) is 12. The lowest BCUT2D eigenvalue weighted by molar-refractivity contribution is -0.216. The van der Waals surface area contributed by atoms with Crippen LogP contribution in [0.25, 0.3) is 0 Å². The van der Waals surface area contributed by atoms with Crippen LogP contribution in [0.5, 0.6) is 0 Å². The molecule has 0 aromatic rings. The van der Waals surface area contributed by atoms with E-state index in [2.05, 4.69) is 47.9 Å². The maximum absolute atomic E-state index is 13.0. The number of ether oxygens (including phenoxy) is 2. The molecule has 0 amide bonds. The van der Waals surface area contributed by atoms with Crippen LogP contribution < -0.4 is 0 Å². The number of rotatable bonds is 39. The molecule has 9 atom stereocenters. The van der Waals surface area contributed by atoms with Gasteiger partial charge in [-0.1, -0.05) is 126 Å². The Morgan fingerprint density at radius 3 is 1.58 bits per heavy atom. The number of carbonyl (C=O) groups is 2. The third-order valence-electron chi connectivity index (χ3n) is 10.7. The van der Waals surface area contributed by atoms with Crippen molar-refractivity contribution in [1.82, 2.24) is 0 Å². The summed E-state index contributed by atoms with van der Waals surface area (Å²) in [5.41, 5.74) is 0. The molecule has 8 N–H and O–H groups in total. The summed E-state index contributed by atoms with van der Waals surface area (Å²) in [4.78, 5) is 54.2. The van der Waals surface area contributed by atoms with E-state index in [1.165, 1.54) is 38.5 Å². The van der Waals surface area contributed by atoms with Crippen molar-refractivity contribution in [3.05, 3.63) is 60.8 Å². The first-order valence-electron chi connectivity index (χ1n) is 23.9. The first-order valence-corrected chi connectivity index (χ1v) is 26.9. The highest BCUT2D eigenvalue weighted by molar-refractivity contribution is 7.47. The Morgan fingerprint density at radius 2 is 1.02 bits per heavy atom. The Bertz CT molecular complexity index is 1530. The van der Waals surface area contributed by atoms with Crippen LogP contribution in [-0.4, -0.2) is 114 Å². The van der Waals surface area contributed by atoms with Crippen LogP contribution in [0.15, 0.2) is 60.8 Å². The molecule has 0 radical (unpaired) electrons. The summed E-state index contributed by atoms with van der Waals surface area (Å²) in [6.07, 6.45) is 25.5. The fraction of sp³-hybridized carbons (Fsp3) is 0.745. The largest absolute Gasteiger partial charge is 0.472 e. The quantitative estimate of drug-likeness (QED) is 0.0125. The Kier molecular flexibility index (Phi) is 35.1. The lowest BCUT2D eigenvalue weighted by Crippen LogP contribution is -2.64. The molecule has 0 saturated heterocycles. The molecule has 1 aliphatic rings. The molecule has 0 aromatic heterocycles. The molecule has 0 bridgehead atoms. The van der Waals surface area contributed by atoms with Crippen molar-refractivity contribution in [2.75, 3.05) is 13.2 Å². The molecule has 0 aliphatic heterocycles. The lowest BCUT2D eigenvalue weighted by atomic mass is 9.85. The number of allylic oxidation sites excluding steroid dienone is 10. The highest BCUT2D eigenvalue weighted by atomic mass is 31.2. The minimum Gasteiger partial charge on any atom is -0.462 e. The number of aliphatic hydroxyl groups excluding tert-OH is 5. The second-order valence-corrected chi connectivity index (χ2v) is 19.2. The number of phosphoric ester groups is 2. The molecular weight excluding hydrogens is 898 g/mol. The Labute approximate surface area is 392 Å². The molecule has 17 nitrogen and oxygen atoms in total. The Balaban J connectivity index is 2.64. The second kappa shape index (κ2) is 37.5. The summed E-state index contributed by atoms with van der Waals surface area (Å²) in [6, 6.07) is 0. The van der Waals surface area contributed by atoms with Crippen LogP contribution >= 0.6 is 15.6 Å². The van der Waals surface area contributed by atoms with Crippen LogP contribution in [0.2, 0.25) is 0 Å². The molecule has 1 saturated carbocycles. The summed E-state index contributed by atoms with van der Waals surface area (Å²) in [6.45, 7) is 2.77. The van der Waals surface area contributed by atoms with Crippen molar-refractivity contribution in [1.29, 1.82) is 0 Å². The normalized spacial score (nSPS) is 22.5. The van der Waals surface area contributed by atoms with E-state index in [-0.39, 0.29) is 18.9 Å². The number of carbonyl (C=O) groups excluding carboxylic acids is 2. The predicted octanol–water partition coefficient (Wildman–Crippen LogP) is 8.03. The molecule has 66 heavy (non-hydrogen) atoms. The number of hydrogen-bond acceptors (Lipinski definition) is 14. The standard InChI is InChI=1S/C47H82O17P2/c1-3-5-6-7-8-9-10-11-12-16-19-22-25-28-31-34-40(49)60-36-39(37-61-66(58,59)64-47-44(53)42(51)43(52)46(45(47)54)63-65(55,56)57)62-41(50)35-32-29-26-23-20-17-14-13-15-18-21-24-27-30-33-38(48)4-2/h11-12,14-15,17-18,23-24,26-27,38-39,42-48,51-54H,3-10,13,16,19-22,25,28-37H2,1-2H3,(H,58,59)(H2,55,56,57)/b12-11-,17-14-,18-15-,26-23-,27-24-/t38-,39-,42?,43?,44?,45?,46-,47+/m1/s1. The molecule has 19 heteroatoms. The third-order valence-corrected chi connectivity index (χ3v) is 12.2. The summed E-state index contributed by atoms with van der Waals surface area (Å²) in [5.74, 6) is -1.30. The van der Waals surface area contributed by atoms with Gasteiger partial charge in [-0.2, -0.15) is 0 Å². The first kappa shape index (κ1) is 61.7. The average molecular weight is 981 g/mol. The fourth-order valence-corrected chi connectivity index (χ4v) is 8.36. The van der Waals surface area contributed by atoms with Crippen LogP contribution in [-0.2, 0) is 41.8 Å². The molecule has 1 fully saturated rings. The molecular formula is C47H82O17P2. The zero-order valence-electron chi connectivity index (χ0n) is 39.2.